The first-order chi connectivity index (χ1) is 11.1. The van der Waals surface area contributed by atoms with Gasteiger partial charge in [-0.2, -0.15) is 18.4 Å². The lowest BCUT2D eigenvalue weighted by Crippen LogP contribution is -2.21. The van der Waals surface area contributed by atoms with Crippen molar-refractivity contribution in [2.24, 2.45) is 0 Å². The van der Waals surface area contributed by atoms with Crippen molar-refractivity contribution in [2.45, 2.75) is 32.7 Å². The van der Waals surface area contributed by atoms with Crippen molar-refractivity contribution >= 4 is 16.9 Å². The second-order valence-corrected chi connectivity index (χ2v) is 5.38. The molecule has 0 bridgehead atoms. The van der Waals surface area contributed by atoms with Gasteiger partial charge in [0.15, 0.2) is 0 Å². The van der Waals surface area contributed by atoms with Crippen LogP contribution >= 0.6 is 0 Å². The van der Waals surface area contributed by atoms with Gasteiger partial charge in [-0.3, -0.25) is 9.59 Å². The van der Waals surface area contributed by atoms with Crippen LogP contribution in [-0.2, 0) is 22.3 Å². The number of alkyl halides is 3. The molecule has 0 spiro atoms. The molecule has 0 aliphatic heterocycles. The quantitative estimate of drug-likeness (QED) is 0.807. The standard InChI is InChI=1S/C16H13F3N2O3/c1-9(2)24-14(22)8-21-7-10(6-20)15(23)12-5-11(16(17,18)19)3-4-13(12)21/h3-5,7,9H,8H2,1-2H3. The molecule has 0 fully saturated rings. The number of pyridine rings is 1. The van der Waals surface area contributed by atoms with E-state index < -0.39 is 23.1 Å². The SMILES string of the molecule is CC(C)OC(=O)Cn1cc(C#N)c(=O)c2cc(C(F)(F)F)ccc21. The molecule has 2 rings (SSSR count). The molecule has 0 amide bonds. The highest BCUT2D eigenvalue weighted by molar-refractivity contribution is 5.82. The lowest BCUT2D eigenvalue weighted by molar-refractivity contribution is -0.148. The highest BCUT2D eigenvalue weighted by Crippen LogP contribution is 2.30. The predicted molar refractivity (Wildman–Crippen MR) is 79.2 cm³/mol. The first kappa shape index (κ1) is 17.5. The number of ether oxygens (including phenoxy) is 1. The topological polar surface area (TPSA) is 72.1 Å². The Morgan fingerprint density at radius 2 is 2.04 bits per heavy atom. The van der Waals surface area contributed by atoms with Crippen molar-refractivity contribution in [2.75, 3.05) is 0 Å². The monoisotopic (exact) mass is 338 g/mol. The molecule has 126 valence electrons. The summed E-state index contributed by atoms with van der Waals surface area (Å²) < 4.78 is 44.7. The fourth-order valence-corrected chi connectivity index (χ4v) is 2.22. The molecule has 0 aliphatic carbocycles. The number of hydrogen-bond donors (Lipinski definition) is 0. The molecule has 0 saturated heterocycles. The Bertz CT molecular complexity index is 892. The van der Waals surface area contributed by atoms with E-state index >= 15 is 0 Å². The van der Waals surface area contributed by atoms with Gasteiger partial charge in [0.1, 0.15) is 18.2 Å². The van der Waals surface area contributed by atoms with E-state index in [1.165, 1.54) is 4.57 Å². The number of rotatable bonds is 3. The van der Waals surface area contributed by atoms with Crippen LogP contribution in [0.15, 0.2) is 29.2 Å². The average molecular weight is 338 g/mol. The normalized spacial score (nSPS) is 11.5. The maximum absolute atomic E-state index is 12.8. The number of esters is 1. The maximum Gasteiger partial charge on any atom is 0.416 e. The molecular formula is C16H13F3N2O3. The molecule has 0 radical (unpaired) electrons. The molecule has 1 aromatic heterocycles. The van der Waals surface area contributed by atoms with Crippen LogP contribution in [0, 0.1) is 11.3 Å². The second-order valence-electron chi connectivity index (χ2n) is 5.38. The Balaban J connectivity index is 2.64. The van der Waals surface area contributed by atoms with E-state index in [1.54, 1.807) is 19.9 Å². The Labute approximate surface area is 134 Å². The zero-order valence-corrected chi connectivity index (χ0v) is 12.8. The fourth-order valence-electron chi connectivity index (χ4n) is 2.22. The van der Waals surface area contributed by atoms with Gasteiger partial charge in [-0.05, 0) is 32.0 Å². The fraction of sp³-hybridized carbons (Fsp3) is 0.312. The van der Waals surface area contributed by atoms with Crippen molar-refractivity contribution in [3.63, 3.8) is 0 Å². The van der Waals surface area contributed by atoms with E-state index in [0.717, 1.165) is 18.3 Å². The van der Waals surface area contributed by atoms with Crippen LogP contribution in [0.5, 0.6) is 0 Å². The molecule has 0 N–H and O–H groups in total. The summed E-state index contributed by atoms with van der Waals surface area (Å²) in [7, 11) is 0. The second kappa shape index (κ2) is 6.35. The van der Waals surface area contributed by atoms with Gasteiger partial charge in [0.2, 0.25) is 5.43 Å². The van der Waals surface area contributed by atoms with Crippen molar-refractivity contribution < 1.29 is 22.7 Å². The molecule has 1 aromatic carbocycles. The van der Waals surface area contributed by atoms with Gasteiger partial charge in [-0.1, -0.05) is 0 Å². The van der Waals surface area contributed by atoms with E-state index in [2.05, 4.69) is 0 Å². The maximum atomic E-state index is 12.8. The summed E-state index contributed by atoms with van der Waals surface area (Å²) in [6, 6.07) is 4.23. The summed E-state index contributed by atoms with van der Waals surface area (Å²) in [5.41, 5.74) is -2.04. The minimum atomic E-state index is -4.62. The van der Waals surface area contributed by atoms with Crippen molar-refractivity contribution in [1.29, 1.82) is 5.26 Å². The van der Waals surface area contributed by atoms with Gasteiger partial charge in [0, 0.05) is 11.6 Å². The summed E-state index contributed by atoms with van der Waals surface area (Å²) in [4.78, 5) is 23.9. The van der Waals surface area contributed by atoms with Crippen molar-refractivity contribution in [3.05, 3.63) is 45.7 Å². The predicted octanol–water partition coefficient (Wildman–Crippen LogP) is 2.84. The van der Waals surface area contributed by atoms with E-state index in [4.69, 9.17) is 10.00 Å². The van der Waals surface area contributed by atoms with Crippen LogP contribution < -0.4 is 5.43 Å². The number of nitrogens with zero attached hydrogens (tertiary/aromatic N) is 2. The Morgan fingerprint density at radius 1 is 1.38 bits per heavy atom. The number of nitriles is 1. The molecule has 24 heavy (non-hydrogen) atoms. The van der Waals surface area contributed by atoms with Crippen LogP contribution in [-0.4, -0.2) is 16.6 Å². The van der Waals surface area contributed by atoms with Crippen LogP contribution in [0.1, 0.15) is 25.0 Å². The van der Waals surface area contributed by atoms with Crippen molar-refractivity contribution in [1.82, 2.24) is 4.57 Å². The van der Waals surface area contributed by atoms with Crippen LogP contribution in [0.3, 0.4) is 0 Å². The van der Waals surface area contributed by atoms with Gasteiger partial charge >= 0.3 is 12.1 Å². The zero-order chi connectivity index (χ0) is 18.1. The zero-order valence-electron chi connectivity index (χ0n) is 12.8. The third kappa shape index (κ3) is 3.56. The number of carbonyl (C=O) groups excluding carboxylic acids is 1. The van der Waals surface area contributed by atoms with Gasteiger partial charge in [0.05, 0.1) is 17.2 Å². The first-order valence-electron chi connectivity index (χ1n) is 6.97. The van der Waals surface area contributed by atoms with Crippen LogP contribution in [0.2, 0.25) is 0 Å². The number of hydrogen-bond acceptors (Lipinski definition) is 4. The van der Waals surface area contributed by atoms with Crippen LogP contribution in [0.4, 0.5) is 13.2 Å². The summed E-state index contributed by atoms with van der Waals surface area (Å²) in [5.74, 6) is -0.626. The molecule has 5 nitrogen and oxygen atoms in total. The molecular weight excluding hydrogens is 325 g/mol. The smallest absolute Gasteiger partial charge is 0.416 e. The highest BCUT2D eigenvalue weighted by atomic mass is 19.4. The molecule has 8 heteroatoms. The summed E-state index contributed by atoms with van der Waals surface area (Å²) >= 11 is 0. The largest absolute Gasteiger partial charge is 0.462 e. The van der Waals surface area contributed by atoms with E-state index in [-0.39, 0.29) is 29.1 Å². The Hall–Kier alpha value is -2.82. The Morgan fingerprint density at radius 3 is 2.58 bits per heavy atom. The minimum absolute atomic E-state index is 0.118. The number of benzene rings is 1. The molecule has 0 unspecified atom stereocenters. The molecule has 2 aromatic rings. The van der Waals surface area contributed by atoms with Gasteiger partial charge < -0.3 is 9.30 Å². The number of aromatic nitrogens is 1. The average Bonchev–Trinajstić information content (AvgIpc) is 2.48. The number of fused-ring (bicyclic) bond motifs is 1. The van der Waals surface area contributed by atoms with Crippen molar-refractivity contribution in [3.8, 4) is 6.07 Å². The third-order valence-electron chi connectivity index (χ3n) is 3.19. The highest BCUT2D eigenvalue weighted by Gasteiger charge is 2.31. The lowest BCUT2D eigenvalue weighted by atomic mass is 10.1. The molecule has 0 atom stereocenters. The number of halogens is 3. The summed E-state index contributed by atoms with van der Waals surface area (Å²) in [6.45, 7) is 2.98. The van der Waals surface area contributed by atoms with Gasteiger partial charge in [-0.25, -0.2) is 0 Å². The van der Waals surface area contributed by atoms with Gasteiger partial charge in [-0.15, -0.1) is 0 Å². The minimum Gasteiger partial charge on any atom is -0.462 e. The van der Waals surface area contributed by atoms with E-state index in [9.17, 15) is 22.8 Å². The first-order valence-corrected chi connectivity index (χ1v) is 6.97. The summed E-state index contributed by atoms with van der Waals surface area (Å²) in [5, 5.41) is 8.73. The molecule has 0 aliphatic rings. The van der Waals surface area contributed by atoms with E-state index in [0.29, 0.717) is 6.07 Å². The summed E-state index contributed by atoms with van der Waals surface area (Å²) in [6.07, 6.45) is -3.85. The number of carbonyl (C=O) groups is 1. The lowest BCUT2D eigenvalue weighted by Gasteiger charge is -2.14. The van der Waals surface area contributed by atoms with Crippen LogP contribution in [0.25, 0.3) is 10.9 Å². The van der Waals surface area contributed by atoms with Gasteiger partial charge in [0.25, 0.3) is 0 Å². The molecule has 0 saturated carbocycles. The third-order valence-corrected chi connectivity index (χ3v) is 3.19. The molecule has 1 heterocycles. The Kier molecular flexibility index (Phi) is 4.64. The van der Waals surface area contributed by atoms with E-state index in [1.807, 2.05) is 0 Å².